The minimum Gasteiger partial charge on any atom is -0.341 e. The molecular formula is C20H28N6S. The highest BCUT2D eigenvalue weighted by molar-refractivity contribution is 7.12. The molecule has 0 amide bonds. The summed E-state index contributed by atoms with van der Waals surface area (Å²) >= 11 is 1.99. The number of hydrazine groups is 1. The standard InChI is InChI=1S/C20H28N6S/c1-6-20(7-13-25(14-8-20)19-21-9-2-10-22-19)26(12-1)15-16-3-4-18(27-16)17-5-11-23-24-17/h2-4,9-10,17,23-24H,1,5-8,11-15H2. The van der Waals surface area contributed by atoms with Crippen LogP contribution in [0.3, 0.4) is 0 Å². The summed E-state index contributed by atoms with van der Waals surface area (Å²) < 4.78 is 0. The van der Waals surface area contributed by atoms with Crippen LogP contribution in [0.5, 0.6) is 0 Å². The molecule has 3 aliphatic heterocycles. The van der Waals surface area contributed by atoms with Crippen molar-refractivity contribution in [3.63, 3.8) is 0 Å². The van der Waals surface area contributed by atoms with Crippen molar-refractivity contribution in [1.29, 1.82) is 0 Å². The van der Waals surface area contributed by atoms with E-state index in [0.717, 1.165) is 32.1 Å². The molecule has 0 bridgehead atoms. The molecule has 27 heavy (non-hydrogen) atoms. The first-order valence-electron chi connectivity index (χ1n) is 10.2. The maximum absolute atomic E-state index is 4.44. The Morgan fingerprint density at radius 2 is 1.96 bits per heavy atom. The Labute approximate surface area is 165 Å². The third kappa shape index (κ3) is 3.49. The van der Waals surface area contributed by atoms with Gasteiger partial charge in [0.05, 0.1) is 6.04 Å². The van der Waals surface area contributed by atoms with Crippen molar-refractivity contribution < 1.29 is 0 Å². The van der Waals surface area contributed by atoms with Crippen molar-refractivity contribution in [1.82, 2.24) is 25.7 Å². The average Bonchev–Trinajstić information content (AvgIpc) is 3.46. The lowest BCUT2D eigenvalue weighted by molar-refractivity contribution is 0.101. The number of nitrogens with one attached hydrogen (secondary N) is 2. The molecule has 2 aromatic rings. The Balaban J connectivity index is 1.24. The summed E-state index contributed by atoms with van der Waals surface area (Å²) in [5.41, 5.74) is 7.01. The lowest BCUT2D eigenvalue weighted by Crippen LogP contribution is -2.52. The maximum atomic E-state index is 4.44. The quantitative estimate of drug-likeness (QED) is 0.845. The molecule has 7 heteroatoms. The summed E-state index contributed by atoms with van der Waals surface area (Å²) in [5, 5.41) is 0. The fourth-order valence-electron chi connectivity index (χ4n) is 4.94. The number of rotatable bonds is 4. The predicted octanol–water partition coefficient (Wildman–Crippen LogP) is 2.71. The van der Waals surface area contributed by atoms with E-state index >= 15 is 0 Å². The Kier molecular flexibility index (Phi) is 4.85. The van der Waals surface area contributed by atoms with Crippen molar-refractivity contribution in [2.45, 2.75) is 50.2 Å². The number of nitrogens with zero attached hydrogens (tertiary/aromatic N) is 4. The first-order chi connectivity index (χ1) is 13.3. The molecule has 144 valence electrons. The van der Waals surface area contributed by atoms with Crippen LogP contribution in [-0.4, -0.2) is 46.6 Å². The zero-order valence-electron chi connectivity index (χ0n) is 15.7. The molecular weight excluding hydrogens is 356 g/mol. The molecule has 6 nitrogen and oxygen atoms in total. The molecule has 1 atom stereocenters. The highest BCUT2D eigenvalue weighted by Crippen LogP contribution is 2.40. The molecule has 1 unspecified atom stereocenters. The predicted molar refractivity (Wildman–Crippen MR) is 109 cm³/mol. The van der Waals surface area contributed by atoms with E-state index in [1.807, 2.05) is 29.8 Å². The third-order valence-corrected chi connectivity index (χ3v) is 7.66. The molecule has 1 spiro atoms. The van der Waals surface area contributed by atoms with Crippen LogP contribution in [-0.2, 0) is 6.54 Å². The van der Waals surface area contributed by atoms with Crippen LogP contribution in [0, 0.1) is 0 Å². The summed E-state index contributed by atoms with van der Waals surface area (Å²) in [6.07, 6.45) is 9.98. The van der Waals surface area contributed by atoms with Crippen molar-refractivity contribution in [3.05, 3.63) is 40.3 Å². The van der Waals surface area contributed by atoms with Crippen LogP contribution in [0.25, 0.3) is 0 Å². The smallest absolute Gasteiger partial charge is 0.225 e. The second-order valence-electron chi connectivity index (χ2n) is 8.00. The van der Waals surface area contributed by atoms with Crippen molar-refractivity contribution >= 4 is 17.3 Å². The van der Waals surface area contributed by atoms with Gasteiger partial charge in [-0.3, -0.25) is 10.3 Å². The molecule has 3 fully saturated rings. The summed E-state index contributed by atoms with van der Waals surface area (Å²) in [6, 6.07) is 7.05. The van der Waals surface area contributed by atoms with Gasteiger partial charge in [-0.1, -0.05) is 0 Å². The van der Waals surface area contributed by atoms with E-state index in [0.29, 0.717) is 11.6 Å². The lowest BCUT2D eigenvalue weighted by Gasteiger charge is -2.45. The van der Waals surface area contributed by atoms with Crippen LogP contribution in [0.4, 0.5) is 5.95 Å². The molecule has 0 aromatic carbocycles. The molecule has 2 N–H and O–H groups in total. The Morgan fingerprint density at radius 3 is 2.74 bits per heavy atom. The summed E-state index contributed by atoms with van der Waals surface area (Å²) in [4.78, 5) is 17.0. The van der Waals surface area contributed by atoms with E-state index in [4.69, 9.17) is 0 Å². The zero-order valence-corrected chi connectivity index (χ0v) is 16.5. The largest absolute Gasteiger partial charge is 0.341 e. The van der Waals surface area contributed by atoms with E-state index < -0.39 is 0 Å². The highest BCUT2D eigenvalue weighted by Gasteiger charge is 2.43. The first-order valence-corrected chi connectivity index (χ1v) is 11.0. The molecule has 3 aliphatic rings. The van der Waals surface area contributed by atoms with Gasteiger partial charge < -0.3 is 4.90 Å². The van der Waals surface area contributed by atoms with Gasteiger partial charge in [-0.15, -0.1) is 11.3 Å². The minimum atomic E-state index is 0.378. The van der Waals surface area contributed by atoms with Crippen LogP contribution in [0.2, 0.25) is 0 Å². The number of hydrogen-bond acceptors (Lipinski definition) is 7. The first kappa shape index (κ1) is 17.6. The van der Waals surface area contributed by atoms with Gasteiger partial charge in [0, 0.05) is 53.9 Å². The van der Waals surface area contributed by atoms with Gasteiger partial charge in [0.1, 0.15) is 0 Å². The van der Waals surface area contributed by atoms with E-state index in [-0.39, 0.29) is 0 Å². The minimum absolute atomic E-state index is 0.378. The number of aromatic nitrogens is 2. The molecule has 5 heterocycles. The van der Waals surface area contributed by atoms with Crippen molar-refractivity contribution in [3.8, 4) is 0 Å². The Bertz CT molecular complexity index is 749. The van der Waals surface area contributed by atoms with Crippen LogP contribution in [0.15, 0.2) is 30.6 Å². The van der Waals surface area contributed by atoms with Crippen molar-refractivity contribution in [2.24, 2.45) is 0 Å². The van der Waals surface area contributed by atoms with Gasteiger partial charge >= 0.3 is 0 Å². The SMILES string of the molecule is c1cnc(N2CCC3(CCCN3Cc3ccc(C4CCNN4)s3)CC2)nc1. The molecule has 0 saturated carbocycles. The van der Waals surface area contributed by atoms with E-state index in [1.165, 1.54) is 48.4 Å². The maximum Gasteiger partial charge on any atom is 0.225 e. The molecule has 0 radical (unpaired) electrons. The molecule has 2 aromatic heterocycles. The molecule has 5 rings (SSSR count). The number of thiophene rings is 1. The molecule has 0 aliphatic carbocycles. The van der Waals surface area contributed by atoms with Crippen LogP contribution >= 0.6 is 11.3 Å². The topological polar surface area (TPSA) is 56.3 Å². The number of anilines is 1. The third-order valence-electron chi connectivity index (χ3n) is 6.48. The van der Waals surface area contributed by atoms with Crippen molar-refractivity contribution in [2.75, 3.05) is 31.1 Å². The van der Waals surface area contributed by atoms with Gasteiger partial charge in [-0.25, -0.2) is 15.4 Å². The van der Waals surface area contributed by atoms with Gasteiger partial charge in [-0.2, -0.15) is 0 Å². The lowest BCUT2D eigenvalue weighted by atomic mass is 9.85. The second kappa shape index (κ2) is 7.47. The fourth-order valence-corrected chi connectivity index (χ4v) is 6.05. The highest BCUT2D eigenvalue weighted by atomic mass is 32.1. The summed E-state index contributed by atoms with van der Waals surface area (Å²) in [6.45, 7) is 5.53. The summed E-state index contributed by atoms with van der Waals surface area (Å²) in [7, 11) is 0. The van der Waals surface area contributed by atoms with E-state index in [9.17, 15) is 0 Å². The Hall–Kier alpha value is -1.54. The van der Waals surface area contributed by atoms with Gasteiger partial charge in [0.25, 0.3) is 0 Å². The number of likely N-dealkylation sites (tertiary alicyclic amines) is 1. The average molecular weight is 385 g/mol. The van der Waals surface area contributed by atoms with E-state index in [2.05, 4.69) is 42.8 Å². The second-order valence-corrected chi connectivity index (χ2v) is 9.20. The Morgan fingerprint density at radius 1 is 1.11 bits per heavy atom. The van der Waals surface area contributed by atoms with Crippen LogP contribution < -0.4 is 15.8 Å². The van der Waals surface area contributed by atoms with Gasteiger partial charge in [0.2, 0.25) is 5.95 Å². The van der Waals surface area contributed by atoms with E-state index in [1.54, 1.807) is 0 Å². The summed E-state index contributed by atoms with van der Waals surface area (Å²) in [5.74, 6) is 0.887. The van der Waals surface area contributed by atoms with Crippen LogP contribution in [0.1, 0.15) is 47.9 Å². The monoisotopic (exact) mass is 384 g/mol. The van der Waals surface area contributed by atoms with Gasteiger partial charge in [-0.05, 0) is 56.8 Å². The molecule has 3 saturated heterocycles. The van der Waals surface area contributed by atoms with Gasteiger partial charge in [0.15, 0.2) is 0 Å². The number of piperidine rings is 1. The normalized spacial score (nSPS) is 25.5. The zero-order chi connectivity index (χ0) is 18.1. The number of hydrogen-bond donors (Lipinski definition) is 2. The fraction of sp³-hybridized carbons (Fsp3) is 0.600.